The van der Waals surface area contributed by atoms with Crippen LogP contribution in [0, 0.1) is 0 Å². The molecule has 0 saturated carbocycles. The Balaban J connectivity index is 2.11. The molecule has 0 saturated heterocycles. The monoisotopic (exact) mass is 280 g/mol. The zero-order valence-electron chi connectivity index (χ0n) is 11.7. The van der Waals surface area contributed by atoms with Gasteiger partial charge in [-0.15, -0.1) is 0 Å². The number of methoxy groups -OCH3 is 1. The summed E-state index contributed by atoms with van der Waals surface area (Å²) in [5.41, 5.74) is 8.40. The first-order valence-electron chi connectivity index (χ1n) is 6.69. The molecule has 0 spiro atoms. The summed E-state index contributed by atoms with van der Waals surface area (Å²) in [7, 11) is 1.63. The third-order valence-corrected chi connectivity index (χ3v) is 3.54. The van der Waals surface area contributed by atoms with E-state index >= 15 is 0 Å². The molecule has 1 aromatic heterocycles. The average Bonchev–Trinajstić information content (AvgIpc) is 2.52. The molecule has 1 heterocycles. The van der Waals surface area contributed by atoms with E-state index in [0.29, 0.717) is 12.2 Å². The normalized spacial score (nSPS) is 10.7. The van der Waals surface area contributed by atoms with Crippen molar-refractivity contribution >= 4 is 16.6 Å². The van der Waals surface area contributed by atoms with E-state index < -0.39 is 0 Å². The smallest absolute Gasteiger partial charge is 0.189 e. The van der Waals surface area contributed by atoms with E-state index in [1.807, 2.05) is 41.0 Å². The number of para-hydroxylation sites is 1. The molecule has 0 aliphatic heterocycles. The molecule has 0 fully saturated rings. The molecule has 0 bridgehead atoms. The fraction of sp³-hybridized carbons (Fsp3) is 0.118. The second kappa shape index (κ2) is 5.32. The number of aromatic nitrogens is 1. The molecule has 106 valence electrons. The van der Waals surface area contributed by atoms with Gasteiger partial charge >= 0.3 is 0 Å². The second-order valence-corrected chi connectivity index (χ2v) is 4.90. The number of hydrogen-bond acceptors (Lipinski definition) is 3. The zero-order chi connectivity index (χ0) is 14.8. The Kier molecular flexibility index (Phi) is 3.36. The summed E-state index contributed by atoms with van der Waals surface area (Å²) in [6, 6.07) is 14.8. The van der Waals surface area contributed by atoms with E-state index in [9.17, 15) is 4.79 Å². The van der Waals surface area contributed by atoms with Crippen molar-refractivity contribution in [3.05, 3.63) is 70.5 Å². The van der Waals surface area contributed by atoms with Crippen LogP contribution in [0.2, 0.25) is 0 Å². The van der Waals surface area contributed by atoms with Gasteiger partial charge in [-0.25, -0.2) is 0 Å². The van der Waals surface area contributed by atoms with Gasteiger partial charge < -0.3 is 15.0 Å². The van der Waals surface area contributed by atoms with Gasteiger partial charge in [0.05, 0.1) is 19.2 Å². The lowest BCUT2D eigenvalue weighted by molar-refractivity contribution is 0.409. The van der Waals surface area contributed by atoms with Crippen molar-refractivity contribution in [1.29, 1.82) is 0 Å². The van der Waals surface area contributed by atoms with E-state index in [4.69, 9.17) is 10.5 Å². The Morgan fingerprint density at radius 1 is 1.14 bits per heavy atom. The van der Waals surface area contributed by atoms with E-state index in [2.05, 4.69) is 0 Å². The van der Waals surface area contributed by atoms with Crippen molar-refractivity contribution in [2.24, 2.45) is 0 Å². The molecule has 0 unspecified atom stereocenters. The predicted octanol–water partition coefficient (Wildman–Crippen LogP) is 2.64. The summed E-state index contributed by atoms with van der Waals surface area (Å²) in [4.78, 5) is 11.9. The van der Waals surface area contributed by atoms with Crippen LogP contribution >= 0.6 is 0 Å². The molecular weight excluding hydrogens is 264 g/mol. The highest BCUT2D eigenvalue weighted by Crippen LogP contribution is 2.23. The van der Waals surface area contributed by atoms with Gasteiger partial charge in [-0.3, -0.25) is 4.79 Å². The Morgan fingerprint density at radius 3 is 2.76 bits per heavy atom. The quantitative estimate of drug-likeness (QED) is 0.750. The topological polar surface area (TPSA) is 57.2 Å². The number of pyridine rings is 1. The van der Waals surface area contributed by atoms with Crippen LogP contribution in [0.15, 0.2) is 59.5 Å². The van der Waals surface area contributed by atoms with Gasteiger partial charge in [-0.1, -0.05) is 18.2 Å². The standard InChI is InChI=1S/C17H16N2O2/c1-21-17-10-13(18)7-6-12(17)11-19-9-8-16(20)14-4-2-3-5-15(14)19/h2-10H,11,18H2,1H3. The van der Waals surface area contributed by atoms with Gasteiger partial charge in [0, 0.05) is 35.0 Å². The van der Waals surface area contributed by atoms with Crippen LogP contribution in [0.3, 0.4) is 0 Å². The molecule has 0 radical (unpaired) electrons. The Labute approximate surface area is 122 Å². The van der Waals surface area contributed by atoms with E-state index in [0.717, 1.165) is 22.2 Å². The fourth-order valence-electron chi connectivity index (χ4n) is 2.47. The lowest BCUT2D eigenvalue weighted by Gasteiger charge is -2.14. The van der Waals surface area contributed by atoms with Crippen molar-refractivity contribution in [2.45, 2.75) is 6.54 Å². The van der Waals surface area contributed by atoms with Gasteiger partial charge in [0.15, 0.2) is 5.43 Å². The second-order valence-electron chi connectivity index (χ2n) is 4.90. The minimum atomic E-state index is 0.0334. The van der Waals surface area contributed by atoms with Crippen LogP contribution in [0.5, 0.6) is 5.75 Å². The highest BCUT2D eigenvalue weighted by Gasteiger charge is 2.07. The van der Waals surface area contributed by atoms with Crippen LogP contribution in [0.4, 0.5) is 5.69 Å². The lowest BCUT2D eigenvalue weighted by atomic mass is 10.1. The number of benzene rings is 2. The summed E-state index contributed by atoms with van der Waals surface area (Å²) < 4.78 is 7.41. The molecule has 2 N–H and O–H groups in total. The number of hydrogen-bond donors (Lipinski definition) is 1. The van der Waals surface area contributed by atoms with Crippen LogP contribution in [-0.2, 0) is 6.54 Å². The average molecular weight is 280 g/mol. The maximum Gasteiger partial charge on any atom is 0.189 e. The maximum absolute atomic E-state index is 11.9. The number of nitrogens with two attached hydrogens (primary N) is 1. The SMILES string of the molecule is COc1cc(N)ccc1Cn1ccc(=O)c2ccccc21. The number of fused-ring (bicyclic) bond motifs is 1. The number of ether oxygens (including phenoxy) is 1. The molecule has 3 rings (SSSR count). The number of nitrogens with zero attached hydrogens (tertiary/aromatic N) is 1. The summed E-state index contributed by atoms with van der Waals surface area (Å²) in [5.74, 6) is 0.748. The van der Waals surface area contributed by atoms with Gasteiger partial charge in [-0.05, 0) is 18.2 Å². The molecule has 4 heteroatoms. The third-order valence-electron chi connectivity index (χ3n) is 3.54. The molecule has 0 amide bonds. The third kappa shape index (κ3) is 2.48. The summed E-state index contributed by atoms with van der Waals surface area (Å²) in [6.07, 6.45) is 1.81. The summed E-state index contributed by atoms with van der Waals surface area (Å²) in [5, 5.41) is 0.717. The minimum Gasteiger partial charge on any atom is -0.496 e. The molecule has 0 aliphatic rings. The predicted molar refractivity (Wildman–Crippen MR) is 84.7 cm³/mol. The van der Waals surface area contributed by atoms with Crippen LogP contribution < -0.4 is 15.9 Å². The number of anilines is 1. The van der Waals surface area contributed by atoms with Crippen molar-refractivity contribution in [1.82, 2.24) is 4.57 Å². The Morgan fingerprint density at radius 2 is 1.95 bits per heavy atom. The molecule has 2 aromatic carbocycles. The van der Waals surface area contributed by atoms with Crippen molar-refractivity contribution in [3.63, 3.8) is 0 Å². The summed E-state index contributed by atoms with van der Waals surface area (Å²) in [6.45, 7) is 0.615. The summed E-state index contributed by atoms with van der Waals surface area (Å²) >= 11 is 0. The zero-order valence-corrected chi connectivity index (χ0v) is 11.7. The van der Waals surface area contributed by atoms with Gasteiger partial charge in [-0.2, -0.15) is 0 Å². The first-order chi connectivity index (χ1) is 10.2. The number of rotatable bonds is 3. The Hall–Kier alpha value is -2.75. The fourth-order valence-corrected chi connectivity index (χ4v) is 2.47. The lowest BCUT2D eigenvalue weighted by Crippen LogP contribution is -2.09. The highest BCUT2D eigenvalue weighted by atomic mass is 16.5. The van der Waals surface area contributed by atoms with Crippen LogP contribution in [-0.4, -0.2) is 11.7 Å². The van der Waals surface area contributed by atoms with Gasteiger partial charge in [0.1, 0.15) is 5.75 Å². The van der Waals surface area contributed by atoms with Gasteiger partial charge in [0.2, 0.25) is 0 Å². The van der Waals surface area contributed by atoms with Crippen molar-refractivity contribution in [3.8, 4) is 5.75 Å². The van der Waals surface area contributed by atoms with E-state index in [1.54, 1.807) is 25.4 Å². The molecule has 21 heavy (non-hydrogen) atoms. The van der Waals surface area contributed by atoms with E-state index in [-0.39, 0.29) is 5.43 Å². The highest BCUT2D eigenvalue weighted by molar-refractivity contribution is 5.78. The molecule has 0 aliphatic carbocycles. The number of nitrogen functional groups attached to an aromatic ring is 1. The van der Waals surface area contributed by atoms with E-state index in [1.165, 1.54) is 0 Å². The van der Waals surface area contributed by atoms with Crippen LogP contribution in [0.1, 0.15) is 5.56 Å². The molecular formula is C17H16N2O2. The molecule has 4 nitrogen and oxygen atoms in total. The largest absolute Gasteiger partial charge is 0.496 e. The first-order valence-corrected chi connectivity index (χ1v) is 6.69. The first kappa shape index (κ1) is 13.2. The molecule has 0 atom stereocenters. The Bertz CT molecular complexity index is 853. The van der Waals surface area contributed by atoms with Crippen molar-refractivity contribution in [2.75, 3.05) is 12.8 Å². The maximum atomic E-state index is 11.9. The molecule has 3 aromatic rings. The van der Waals surface area contributed by atoms with Gasteiger partial charge in [0.25, 0.3) is 0 Å². The minimum absolute atomic E-state index is 0.0334. The van der Waals surface area contributed by atoms with Crippen molar-refractivity contribution < 1.29 is 4.74 Å². The van der Waals surface area contributed by atoms with Crippen LogP contribution in [0.25, 0.3) is 10.9 Å².